The van der Waals surface area contributed by atoms with Crippen LogP contribution in [0, 0.1) is 0 Å². The van der Waals surface area contributed by atoms with Crippen LogP contribution in [0.2, 0.25) is 0 Å². The monoisotopic (exact) mass is 497 g/mol. The Balaban J connectivity index is 1.07. The number of ether oxygens (including phenoxy) is 2. The molecule has 1 aliphatic carbocycles. The molecule has 5 unspecified atom stereocenters. The molecule has 2 aromatic heterocycles. The Morgan fingerprint density at radius 3 is 2.81 bits per heavy atom. The van der Waals surface area contributed by atoms with Gasteiger partial charge in [-0.15, -0.1) is 0 Å². The van der Waals surface area contributed by atoms with Gasteiger partial charge in [-0.3, -0.25) is 19.8 Å². The van der Waals surface area contributed by atoms with Gasteiger partial charge < -0.3 is 19.9 Å². The number of rotatable bonds is 6. The molecule has 3 N–H and O–H groups in total. The summed E-state index contributed by atoms with van der Waals surface area (Å²) >= 11 is 0. The van der Waals surface area contributed by atoms with Crippen LogP contribution in [0.25, 0.3) is 22.2 Å². The van der Waals surface area contributed by atoms with Crippen LogP contribution in [0.3, 0.4) is 0 Å². The zero-order chi connectivity index (χ0) is 25.1. The lowest BCUT2D eigenvalue weighted by Gasteiger charge is -2.65. The number of amides is 1. The molecule has 2 saturated heterocycles. The second-order valence-corrected chi connectivity index (χ2v) is 10.1. The number of benzene rings is 2. The number of nitrogens with zero attached hydrogens (tertiary/aromatic N) is 3. The van der Waals surface area contributed by atoms with Crippen LogP contribution in [0.4, 0.5) is 0 Å². The number of H-pyrrole nitrogens is 1. The maximum atomic E-state index is 12.8. The second-order valence-electron chi connectivity index (χ2n) is 10.1. The molecule has 5 atom stereocenters. The first-order valence-electron chi connectivity index (χ1n) is 12.5. The van der Waals surface area contributed by atoms with Crippen molar-refractivity contribution in [3.8, 4) is 17.0 Å². The van der Waals surface area contributed by atoms with E-state index in [1.54, 1.807) is 36.5 Å². The van der Waals surface area contributed by atoms with Crippen LogP contribution in [0.5, 0.6) is 5.75 Å². The number of aliphatic hydroxyl groups is 1. The lowest BCUT2D eigenvalue weighted by atomic mass is 9.73. The number of hydrogen-bond acceptors (Lipinski definition) is 7. The number of hydrogen-bond donors (Lipinski definition) is 3. The highest BCUT2D eigenvalue weighted by atomic mass is 16.5. The minimum atomic E-state index is -1.20. The molecule has 9 heteroatoms. The Kier molecular flexibility index (Phi) is 5.07. The predicted octanol–water partition coefficient (Wildman–Crippen LogP) is 3.04. The molecular weight excluding hydrogens is 470 g/mol. The van der Waals surface area contributed by atoms with E-state index in [2.05, 4.69) is 32.4 Å². The maximum absolute atomic E-state index is 12.8. The molecule has 2 aliphatic heterocycles. The molecule has 4 heterocycles. The minimum absolute atomic E-state index is 0.0188. The fourth-order valence-corrected chi connectivity index (χ4v) is 6.19. The van der Waals surface area contributed by atoms with Crippen molar-refractivity contribution >= 4 is 16.8 Å². The molecule has 3 fully saturated rings. The molecule has 1 amide bonds. The number of morpholine rings is 1. The summed E-state index contributed by atoms with van der Waals surface area (Å²) in [7, 11) is 2.18. The van der Waals surface area contributed by atoms with E-state index in [4.69, 9.17) is 9.47 Å². The molecule has 1 saturated carbocycles. The highest BCUT2D eigenvalue weighted by Crippen LogP contribution is 2.55. The molecule has 1 spiro atoms. The summed E-state index contributed by atoms with van der Waals surface area (Å²) in [6.07, 6.45) is 2.45. The predicted molar refractivity (Wildman–Crippen MR) is 136 cm³/mol. The number of aliphatic hydroxyl groups excluding tert-OH is 1. The second kappa shape index (κ2) is 8.37. The summed E-state index contributed by atoms with van der Waals surface area (Å²) in [6, 6.07) is 19.4. The average molecular weight is 498 g/mol. The molecule has 7 rings (SSSR count). The molecular formula is C28H27N5O4. The standard InChI is InChI=1S/C28H27N5O4/c1-33-23-13-19(14-28(23)24(33)15-36-28)37-18-8-5-16(6-9-18)25-20-12-17(7-10-21(20)31-32-25)26(34)30-27(35)22-4-2-3-11-29-22/h2-12,19,23-24,27,35H,13-15H2,1H3,(H,30,34)(H,31,32). The van der Waals surface area contributed by atoms with E-state index in [-0.39, 0.29) is 11.7 Å². The number of carbonyl (C=O) groups excluding carboxylic acids is 1. The van der Waals surface area contributed by atoms with E-state index in [0.29, 0.717) is 23.3 Å². The number of aromatic amines is 1. The fourth-order valence-electron chi connectivity index (χ4n) is 6.19. The van der Waals surface area contributed by atoms with Gasteiger partial charge in [0.2, 0.25) is 0 Å². The molecule has 9 nitrogen and oxygen atoms in total. The number of pyridine rings is 1. The topological polar surface area (TPSA) is 113 Å². The number of likely N-dealkylation sites (tertiary alicyclic amines) is 1. The van der Waals surface area contributed by atoms with Crippen molar-refractivity contribution in [1.29, 1.82) is 0 Å². The van der Waals surface area contributed by atoms with Crippen molar-refractivity contribution in [2.24, 2.45) is 0 Å². The average Bonchev–Trinajstić information content (AvgIpc) is 3.51. The maximum Gasteiger partial charge on any atom is 0.253 e. The smallest absolute Gasteiger partial charge is 0.253 e. The SMILES string of the molecule is CN1C2COC23CC(Oc2ccc(-c4n[nH]c5ccc(C(=O)NC(O)c6ccccn6)cc45)cc2)CC13. The van der Waals surface area contributed by atoms with Gasteiger partial charge in [0, 0.05) is 41.6 Å². The third-order valence-corrected chi connectivity index (χ3v) is 8.15. The Bertz CT molecular complexity index is 1470. The molecule has 0 radical (unpaired) electrons. The van der Waals surface area contributed by atoms with Crippen LogP contribution in [0.15, 0.2) is 66.9 Å². The molecule has 4 aromatic rings. The molecule has 2 aromatic carbocycles. The zero-order valence-electron chi connectivity index (χ0n) is 20.3. The zero-order valence-corrected chi connectivity index (χ0v) is 20.3. The van der Waals surface area contributed by atoms with Crippen LogP contribution in [-0.4, -0.2) is 68.5 Å². The minimum Gasteiger partial charge on any atom is -0.490 e. The lowest BCUT2D eigenvalue weighted by molar-refractivity contribution is -0.308. The van der Waals surface area contributed by atoms with Crippen molar-refractivity contribution in [3.63, 3.8) is 0 Å². The van der Waals surface area contributed by atoms with Gasteiger partial charge in [-0.2, -0.15) is 5.10 Å². The van der Waals surface area contributed by atoms with Crippen molar-refractivity contribution < 1.29 is 19.4 Å². The van der Waals surface area contributed by atoms with Gasteiger partial charge in [-0.25, -0.2) is 0 Å². The largest absolute Gasteiger partial charge is 0.490 e. The Morgan fingerprint density at radius 2 is 2.08 bits per heavy atom. The summed E-state index contributed by atoms with van der Waals surface area (Å²) in [5.74, 6) is 0.428. The number of fused-ring (bicyclic) bond motifs is 1. The first-order valence-corrected chi connectivity index (χ1v) is 12.5. The van der Waals surface area contributed by atoms with Gasteiger partial charge in [-0.05, 0) is 61.6 Å². The van der Waals surface area contributed by atoms with Crippen molar-refractivity contribution in [3.05, 3.63) is 78.1 Å². The number of carbonyl (C=O) groups is 1. The highest BCUT2D eigenvalue weighted by molar-refractivity contribution is 6.01. The van der Waals surface area contributed by atoms with Crippen molar-refractivity contribution in [2.45, 2.75) is 42.9 Å². The number of likely N-dealkylation sites (N-methyl/N-ethyl adjacent to an activating group) is 1. The van der Waals surface area contributed by atoms with Gasteiger partial charge >= 0.3 is 0 Å². The Labute approximate surface area is 213 Å². The molecule has 37 heavy (non-hydrogen) atoms. The van der Waals surface area contributed by atoms with Gasteiger partial charge in [0.1, 0.15) is 17.5 Å². The summed E-state index contributed by atoms with van der Waals surface area (Å²) in [4.78, 5) is 19.3. The van der Waals surface area contributed by atoms with Gasteiger partial charge in [0.25, 0.3) is 5.91 Å². The Hall–Kier alpha value is -3.79. The Morgan fingerprint density at radius 1 is 1.22 bits per heavy atom. The summed E-state index contributed by atoms with van der Waals surface area (Å²) < 4.78 is 12.3. The van der Waals surface area contributed by atoms with E-state index in [1.807, 2.05) is 30.3 Å². The van der Waals surface area contributed by atoms with Crippen LogP contribution in [0.1, 0.15) is 35.1 Å². The van der Waals surface area contributed by atoms with Crippen LogP contribution in [-0.2, 0) is 4.74 Å². The van der Waals surface area contributed by atoms with Crippen molar-refractivity contribution in [1.82, 2.24) is 25.4 Å². The summed E-state index contributed by atoms with van der Waals surface area (Å²) in [6.45, 7) is 0.834. The van der Waals surface area contributed by atoms with E-state index >= 15 is 0 Å². The first kappa shape index (κ1) is 22.4. The number of nitrogens with one attached hydrogen (secondary N) is 2. The summed E-state index contributed by atoms with van der Waals surface area (Å²) in [5, 5.41) is 21.3. The van der Waals surface area contributed by atoms with E-state index < -0.39 is 12.1 Å². The van der Waals surface area contributed by atoms with Crippen LogP contribution < -0.4 is 10.1 Å². The third-order valence-electron chi connectivity index (χ3n) is 8.15. The molecule has 0 bridgehead atoms. The highest BCUT2D eigenvalue weighted by Gasteiger charge is 2.70. The first-order chi connectivity index (χ1) is 18.0. The van der Waals surface area contributed by atoms with E-state index in [1.165, 1.54) is 0 Å². The van der Waals surface area contributed by atoms with Crippen LogP contribution >= 0.6 is 0 Å². The van der Waals surface area contributed by atoms with Gasteiger partial charge in [0.15, 0.2) is 6.23 Å². The fraction of sp³-hybridized carbons (Fsp3) is 0.321. The number of aromatic nitrogens is 3. The van der Waals surface area contributed by atoms with E-state index in [9.17, 15) is 9.90 Å². The van der Waals surface area contributed by atoms with Crippen molar-refractivity contribution in [2.75, 3.05) is 13.7 Å². The van der Waals surface area contributed by atoms with E-state index in [0.717, 1.165) is 47.4 Å². The van der Waals surface area contributed by atoms with Gasteiger partial charge in [0.05, 0.1) is 29.6 Å². The normalized spacial score (nSPS) is 27.0. The molecule has 188 valence electrons. The summed E-state index contributed by atoms with van der Waals surface area (Å²) in [5.41, 5.74) is 3.29. The third kappa shape index (κ3) is 3.53. The lowest BCUT2D eigenvalue weighted by Crippen LogP contribution is -2.81. The quantitative estimate of drug-likeness (QED) is 0.351. The van der Waals surface area contributed by atoms with Gasteiger partial charge in [-0.1, -0.05) is 6.07 Å². The molecule has 3 aliphatic rings.